The number of hydrogen-bond donors (Lipinski definition) is 0. The first kappa shape index (κ1) is 25.1. The zero-order valence-electron chi connectivity index (χ0n) is 18.5. The van der Waals surface area contributed by atoms with E-state index in [1.807, 2.05) is 0 Å². The molecule has 0 N–H and O–H groups in total. The summed E-state index contributed by atoms with van der Waals surface area (Å²) >= 11 is 4.04. The zero-order valence-corrected chi connectivity index (χ0v) is 20.9. The Morgan fingerprint density at radius 3 is 2.53 bits per heavy atom. The smallest absolute Gasteiger partial charge is 0.293 e. The summed E-state index contributed by atoms with van der Waals surface area (Å²) in [5, 5.41) is 10.2. The van der Waals surface area contributed by atoms with Gasteiger partial charge in [0.1, 0.15) is 6.20 Å². The number of benzene rings is 2. The molecule has 0 unspecified atom stereocenters. The quantitative estimate of drug-likeness (QED) is 0.150. The summed E-state index contributed by atoms with van der Waals surface area (Å²) in [6, 6.07) is 14.1. The van der Waals surface area contributed by atoms with Crippen LogP contribution in [0.5, 0.6) is 17.4 Å². The van der Waals surface area contributed by atoms with Crippen LogP contribution in [0.1, 0.15) is 15.9 Å². The molecule has 2 heterocycles. The van der Waals surface area contributed by atoms with Crippen molar-refractivity contribution in [3.8, 4) is 17.4 Å². The Hall–Kier alpha value is -4.03. The van der Waals surface area contributed by atoms with E-state index in [9.17, 15) is 24.5 Å². The number of ether oxygens (including phenoxy) is 2. The molecule has 36 heavy (non-hydrogen) atoms. The molecule has 1 saturated heterocycles. The van der Waals surface area contributed by atoms with Crippen LogP contribution in [0.3, 0.4) is 0 Å². The highest BCUT2D eigenvalue weighted by molar-refractivity contribution is 9.10. The summed E-state index contributed by atoms with van der Waals surface area (Å²) in [5.41, 5.74) is 0.779. The van der Waals surface area contributed by atoms with Gasteiger partial charge in [-0.1, -0.05) is 34.1 Å². The number of nitrogens with zero attached hydrogens (tertiary/aromatic N) is 3. The lowest BCUT2D eigenvalue weighted by molar-refractivity contribution is -0.385. The van der Waals surface area contributed by atoms with Crippen molar-refractivity contribution in [1.29, 1.82) is 0 Å². The van der Waals surface area contributed by atoms with E-state index in [1.54, 1.807) is 42.5 Å². The highest BCUT2D eigenvalue weighted by atomic mass is 79.9. The summed E-state index contributed by atoms with van der Waals surface area (Å²) in [6.45, 7) is -0.359. The van der Waals surface area contributed by atoms with Crippen LogP contribution in [0.2, 0.25) is 0 Å². The van der Waals surface area contributed by atoms with Gasteiger partial charge < -0.3 is 9.47 Å². The molecule has 0 spiro atoms. The van der Waals surface area contributed by atoms with E-state index in [0.717, 1.165) is 27.3 Å². The van der Waals surface area contributed by atoms with Crippen molar-refractivity contribution in [2.45, 2.75) is 0 Å². The third-order valence-electron chi connectivity index (χ3n) is 4.97. The maximum atomic E-state index is 12.8. The average Bonchev–Trinajstić information content (AvgIpc) is 3.12. The highest BCUT2D eigenvalue weighted by Gasteiger charge is 2.36. The summed E-state index contributed by atoms with van der Waals surface area (Å²) in [5.74, 6) is -0.181. The summed E-state index contributed by atoms with van der Waals surface area (Å²) < 4.78 is 11.8. The van der Waals surface area contributed by atoms with Gasteiger partial charge >= 0.3 is 0 Å². The number of rotatable bonds is 8. The molecule has 0 saturated carbocycles. The number of carbonyl (C=O) groups excluding carboxylic acids is 3. The van der Waals surface area contributed by atoms with E-state index < -0.39 is 16.1 Å². The molecule has 182 valence electrons. The molecule has 1 aromatic heterocycles. The fraction of sp³-hybridized carbons (Fsp3) is 0.0833. The molecule has 0 atom stereocenters. The Morgan fingerprint density at radius 2 is 1.89 bits per heavy atom. The lowest BCUT2D eigenvalue weighted by Crippen LogP contribution is -2.33. The maximum absolute atomic E-state index is 12.8. The molecule has 2 aromatic carbocycles. The Bertz CT molecular complexity index is 1390. The lowest BCUT2D eigenvalue weighted by Gasteiger charge is -2.11. The molecule has 1 aliphatic heterocycles. The average molecular weight is 570 g/mol. The second-order valence-corrected chi connectivity index (χ2v) is 9.23. The number of Topliss-reactive ketones (excluding diaryl/α,β-unsaturated/α-hetero) is 1. The van der Waals surface area contributed by atoms with Crippen molar-refractivity contribution < 1.29 is 28.8 Å². The monoisotopic (exact) mass is 569 g/mol. The summed E-state index contributed by atoms with van der Waals surface area (Å²) in [4.78, 5) is 53.0. The molecular formula is C24H16BrN3O7S. The van der Waals surface area contributed by atoms with Crippen LogP contribution >= 0.6 is 27.7 Å². The normalized spacial score (nSPS) is 14.3. The minimum atomic E-state index is -0.565. The van der Waals surface area contributed by atoms with Crippen LogP contribution in [-0.4, -0.2) is 45.4 Å². The summed E-state index contributed by atoms with van der Waals surface area (Å²) in [7, 11) is 1.43. The SMILES string of the molecule is COc1cc(/C=C2/SC(=O)N(CC(=O)c3ccc(Br)cc3)C2=O)ccc1Oc1ccc([N+](=O)[O-])cn1. The fourth-order valence-electron chi connectivity index (χ4n) is 3.17. The second-order valence-electron chi connectivity index (χ2n) is 7.32. The van der Waals surface area contributed by atoms with Gasteiger partial charge in [0, 0.05) is 22.2 Å². The van der Waals surface area contributed by atoms with E-state index >= 15 is 0 Å². The van der Waals surface area contributed by atoms with Gasteiger partial charge in [-0.15, -0.1) is 0 Å². The molecule has 1 fully saturated rings. The van der Waals surface area contributed by atoms with E-state index in [-0.39, 0.29) is 28.8 Å². The Labute approximate surface area is 217 Å². The third-order valence-corrected chi connectivity index (χ3v) is 6.41. The second kappa shape index (κ2) is 10.7. The van der Waals surface area contributed by atoms with Crippen molar-refractivity contribution >= 4 is 56.4 Å². The zero-order chi connectivity index (χ0) is 25.8. The molecule has 10 nitrogen and oxygen atoms in total. The number of pyridine rings is 1. The molecule has 0 bridgehead atoms. The molecule has 12 heteroatoms. The van der Waals surface area contributed by atoms with Crippen molar-refractivity contribution in [2.24, 2.45) is 0 Å². The third kappa shape index (κ3) is 5.61. The van der Waals surface area contributed by atoms with Crippen LogP contribution in [0.4, 0.5) is 10.5 Å². The van der Waals surface area contributed by atoms with Crippen LogP contribution < -0.4 is 9.47 Å². The Balaban J connectivity index is 1.49. The van der Waals surface area contributed by atoms with Crippen LogP contribution in [0.25, 0.3) is 6.08 Å². The van der Waals surface area contributed by atoms with Crippen molar-refractivity contribution in [3.05, 3.63) is 91.4 Å². The minimum Gasteiger partial charge on any atom is -0.493 e. The van der Waals surface area contributed by atoms with Gasteiger partial charge in [0.05, 0.1) is 23.5 Å². The number of ketones is 1. The van der Waals surface area contributed by atoms with Crippen LogP contribution in [0.15, 0.2) is 70.2 Å². The highest BCUT2D eigenvalue weighted by Crippen LogP contribution is 2.36. The molecule has 0 radical (unpaired) electrons. The number of halogens is 1. The number of nitro groups is 1. The van der Waals surface area contributed by atoms with Gasteiger partial charge in [-0.3, -0.25) is 29.4 Å². The molecule has 4 rings (SSSR count). The van der Waals surface area contributed by atoms with E-state index in [1.165, 1.54) is 25.3 Å². The minimum absolute atomic E-state index is 0.128. The van der Waals surface area contributed by atoms with Crippen LogP contribution in [-0.2, 0) is 4.79 Å². The summed E-state index contributed by atoms with van der Waals surface area (Å²) in [6.07, 6.45) is 2.60. The first-order valence-corrected chi connectivity index (χ1v) is 11.9. The van der Waals surface area contributed by atoms with E-state index in [0.29, 0.717) is 22.6 Å². The van der Waals surface area contributed by atoms with Gasteiger partial charge in [-0.25, -0.2) is 4.98 Å². The van der Waals surface area contributed by atoms with Crippen molar-refractivity contribution in [1.82, 2.24) is 9.88 Å². The number of thioether (sulfide) groups is 1. The molecular weight excluding hydrogens is 554 g/mol. The van der Waals surface area contributed by atoms with Crippen molar-refractivity contribution in [3.63, 3.8) is 0 Å². The lowest BCUT2D eigenvalue weighted by atomic mass is 10.1. The van der Waals surface area contributed by atoms with Gasteiger partial charge in [-0.2, -0.15) is 0 Å². The number of imide groups is 1. The predicted molar refractivity (Wildman–Crippen MR) is 135 cm³/mol. The standard InChI is InChI=1S/C24H16BrN3O7S/c1-34-20-10-14(2-8-19(20)35-22-9-7-17(12-26-22)28(32)33)11-21-23(30)27(24(31)36-21)13-18(29)15-3-5-16(25)6-4-15/h2-12H,13H2,1H3/b21-11+. The van der Waals surface area contributed by atoms with Gasteiger partial charge in [0.2, 0.25) is 5.88 Å². The molecule has 0 aliphatic carbocycles. The fourth-order valence-corrected chi connectivity index (χ4v) is 4.27. The predicted octanol–water partition coefficient (Wildman–Crippen LogP) is 5.47. The molecule has 2 amide bonds. The number of amides is 2. The van der Waals surface area contributed by atoms with E-state index in [4.69, 9.17) is 9.47 Å². The van der Waals surface area contributed by atoms with Crippen LogP contribution in [0, 0.1) is 10.1 Å². The first-order valence-electron chi connectivity index (χ1n) is 10.3. The number of aromatic nitrogens is 1. The van der Waals surface area contributed by atoms with E-state index in [2.05, 4.69) is 20.9 Å². The largest absolute Gasteiger partial charge is 0.493 e. The van der Waals surface area contributed by atoms with Gasteiger partial charge in [0.25, 0.3) is 16.8 Å². The molecule has 3 aromatic rings. The Morgan fingerprint density at radius 1 is 1.14 bits per heavy atom. The van der Waals surface area contributed by atoms with Gasteiger partial charge in [-0.05, 0) is 47.7 Å². The topological polar surface area (TPSA) is 129 Å². The van der Waals surface area contributed by atoms with Gasteiger partial charge in [0.15, 0.2) is 17.3 Å². The number of methoxy groups -OCH3 is 1. The Kier molecular flexibility index (Phi) is 7.46. The number of hydrogen-bond acceptors (Lipinski definition) is 9. The van der Waals surface area contributed by atoms with Crippen molar-refractivity contribution in [2.75, 3.05) is 13.7 Å². The first-order chi connectivity index (χ1) is 17.2. The molecule has 1 aliphatic rings. The number of carbonyl (C=O) groups is 3. The maximum Gasteiger partial charge on any atom is 0.293 e.